The summed E-state index contributed by atoms with van der Waals surface area (Å²) in [6.07, 6.45) is 1.06. The molecule has 0 aromatic carbocycles. The summed E-state index contributed by atoms with van der Waals surface area (Å²) in [5.41, 5.74) is 0.372. The van der Waals surface area contributed by atoms with Gasteiger partial charge in [-0.25, -0.2) is 9.78 Å². The van der Waals surface area contributed by atoms with Gasteiger partial charge in [-0.3, -0.25) is 4.79 Å². The van der Waals surface area contributed by atoms with Crippen LogP contribution >= 0.6 is 0 Å². The van der Waals surface area contributed by atoms with Crippen molar-refractivity contribution in [2.75, 3.05) is 6.54 Å². The highest BCUT2D eigenvalue weighted by molar-refractivity contribution is 6.01. The fourth-order valence-electron chi connectivity index (χ4n) is 2.65. The highest BCUT2D eigenvalue weighted by Crippen LogP contribution is 2.30. The molecule has 0 unspecified atom stereocenters. The highest BCUT2D eigenvalue weighted by Gasteiger charge is 2.31. The summed E-state index contributed by atoms with van der Waals surface area (Å²) in [7, 11) is 0. The van der Waals surface area contributed by atoms with E-state index in [1.165, 1.54) is 12.1 Å². The molecule has 6 nitrogen and oxygen atoms in total. The normalized spacial score (nSPS) is 16.7. The first-order chi connectivity index (χ1) is 11.7. The van der Waals surface area contributed by atoms with Gasteiger partial charge in [-0.15, -0.1) is 0 Å². The predicted octanol–water partition coefficient (Wildman–Crippen LogP) is 3.34. The molecule has 2 rings (SSSR count). The number of aromatic nitrogens is 1. The van der Waals surface area contributed by atoms with Crippen molar-refractivity contribution in [1.82, 2.24) is 10.3 Å². The summed E-state index contributed by atoms with van der Waals surface area (Å²) in [5, 5.41) is 2.64. The number of rotatable bonds is 6. The van der Waals surface area contributed by atoms with Gasteiger partial charge >= 0.3 is 12.7 Å². The number of alkyl carbamates (subject to hydrolysis) is 1. The van der Waals surface area contributed by atoms with Crippen LogP contribution in [0.5, 0.6) is 5.88 Å². The van der Waals surface area contributed by atoms with Crippen molar-refractivity contribution in [2.45, 2.75) is 52.2 Å². The maximum absolute atomic E-state index is 12.3. The summed E-state index contributed by atoms with van der Waals surface area (Å²) in [5.74, 6) is -0.498. The summed E-state index contributed by atoms with van der Waals surface area (Å²) in [6.45, 7) is 2.78. The van der Waals surface area contributed by atoms with Crippen LogP contribution in [0.3, 0.4) is 0 Å². The van der Waals surface area contributed by atoms with Gasteiger partial charge in [0.25, 0.3) is 0 Å². The largest absolute Gasteiger partial charge is 0.444 e. The van der Waals surface area contributed by atoms with Gasteiger partial charge in [-0.1, -0.05) is 0 Å². The van der Waals surface area contributed by atoms with E-state index in [0.717, 1.165) is 0 Å². The summed E-state index contributed by atoms with van der Waals surface area (Å²) >= 11 is 0. The Balaban J connectivity index is 1.81. The average Bonchev–Trinajstić information content (AvgIpc) is 2.77. The fourth-order valence-corrected chi connectivity index (χ4v) is 2.65. The molecule has 138 valence electrons. The lowest BCUT2D eigenvalue weighted by molar-refractivity contribution is -0.0529. The number of carbonyl (C=O) groups excluding carboxylic acids is 2. The van der Waals surface area contributed by atoms with Gasteiger partial charge in [0, 0.05) is 30.5 Å². The molecule has 0 spiro atoms. The summed E-state index contributed by atoms with van der Waals surface area (Å²) < 4.78 is 33.8. The number of hydrogen-bond donors (Lipinski definition) is 1. The lowest BCUT2D eigenvalue weighted by atomic mass is 9.99. The van der Waals surface area contributed by atoms with E-state index in [0.29, 0.717) is 37.1 Å². The molecular weight excluding hydrogens is 334 g/mol. The molecule has 1 amide bonds. The monoisotopic (exact) mass is 356 g/mol. The number of Topliss-reactive ketones (excluding diaryl/α,β-unsaturated/α-hetero) is 1. The van der Waals surface area contributed by atoms with E-state index in [4.69, 9.17) is 4.74 Å². The number of amides is 1. The van der Waals surface area contributed by atoms with Crippen LogP contribution in [-0.4, -0.2) is 35.6 Å². The number of carbonyl (C=O) groups is 2. The van der Waals surface area contributed by atoms with E-state index in [9.17, 15) is 18.4 Å². The van der Waals surface area contributed by atoms with Crippen LogP contribution in [0, 0.1) is 5.92 Å². The zero-order valence-corrected chi connectivity index (χ0v) is 14.5. The summed E-state index contributed by atoms with van der Waals surface area (Å²) in [6, 6.07) is 2.75. The second-order valence-electron chi connectivity index (χ2n) is 6.86. The van der Waals surface area contributed by atoms with Gasteiger partial charge in [-0.2, -0.15) is 8.78 Å². The van der Waals surface area contributed by atoms with Crippen LogP contribution in [0.4, 0.5) is 13.6 Å². The van der Waals surface area contributed by atoms with E-state index >= 15 is 0 Å². The maximum Gasteiger partial charge on any atom is 0.407 e. The first kappa shape index (κ1) is 19.1. The molecular formula is C17H22F2N2O4. The van der Waals surface area contributed by atoms with Crippen LogP contribution < -0.4 is 10.1 Å². The molecule has 0 radical (unpaired) electrons. The Morgan fingerprint density at radius 2 is 2.12 bits per heavy atom. The van der Waals surface area contributed by atoms with Crippen molar-refractivity contribution in [1.29, 1.82) is 0 Å². The van der Waals surface area contributed by atoms with Crippen LogP contribution in [0.15, 0.2) is 12.1 Å². The molecule has 0 saturated heterocycles. The Morgan fingerprint density at radius 3 is 2.76 bits per heavy atom. The summed E-state index contributed by atoms with van der Waals surface area (Å²) in [4.78, 5) is 27.8. The minimum atomic E-state index is -2.95. The molecule has 0 fully saturated rings. The first-order valence-electron chi connectivity index (χ1n) is 8.11. The Labute approximate surface area is 144 Å². The Hall–Kier alpha value is -2.25. The van der Waals surface area contributed by atoms with E-state index < -0.39 is 18.3 Å². The number of hydrogen-bond acceptors (Lipinski definition) is 5. The van der Waals surface area contributed by atoms with Gasteiger partial charge < -0.3 is 14.8 Å². The number of ketones is 1. The number of ether oxygens (including phenoxy) is 2. The van der Waals surface area contributed by atoms with Crippen molar-refractivity contribution < 1.29 is 27.8 Å². The first-order valence-corrected chi connectivity index (χ1v) is 8.11. The number of pyridine rings is 1. The SMILES string of the molecule is CC(C)(C)OC(=O)NCCC[C@H]1Cc2nc(OC(F)F)ccc2C1=O. The molecule has 1 aromatic rings. The average molecular weight is 356 g/mol. The molecule has 0 saturated carbocycles. The van der Waals surface area contributed by atoms with Gasteiger partial charge in [-0.05, 0) is 39.7 Å². The third-order valence-electron chi connectivity index (χ3n) is 3.63. The maximum atomic E-state index is 12.3. The number of nitrogens with one attached hydrogen (secondary N) is 1. The van der Waals surface area contributed by atoms with Crippen molar-refractivity contribution >= 4 is 11.9 Å². The number of halogens is 2. The molecule has 1 aliphatic rings. The number of fused-ring (bicyclic) bond motifs is 1. The van der Waals surface area contributed by atoms with E-state index in [1.807, 2.05) is 0 Å². The lowest BCUT2D eigenvalue weighted by Gasteiger charge is -2.19. The Morgan fingerprint density at radius 1 is 1.40 bits per heavy atom. The van der Waals surface area contributed by atoms with E-state index in [2.05, 4.69) is 15.0 Å². The molecule has 1 aliphatic carbocycles. The quantitative estimate of drug-likeness (QED) is 0.791. The standard InChI is InChI=1S/C17H22F2N2O4/c1-17(2,3)25-16(23)20-8-4-5-10-9-12-11(14(10)22)6-7-13(21-12)24-15(18)19/h6-7,10,15H,4-5,8-9H2,1-3H3,(H,20,23)/t10-/m0/s1. The highest BCUT2D eigenvalue weighted by atomic mass is 19.3. The molecule has 1 N–H and O–H groups in total. The third kappa shape index (κ3) is 5.65. The predicted molar refractivity (Wildman–Crippen MR) is 85.9 cm³/mol. The topological polar surface area (TPSA) is 77.5 Å². The van der Waals surface area contributed by atoms with E-state index in [-0.39, 0.29) is 17.6 Å². The molecule has 1 aromatic heterocycles. The zero-order chi connectivity index (χ0) is 18.6. The van der Waals surface area contributed by atoms with Crippen molar-refractivity contribution in [2.24, 2.45) is 5.92 Å². The van der Waals surface area contributed by atoms with Crippen molar-refractivity contribution in [3.63, 3.8) is 0 Å². The fraction of sp³-hybridized carbons (Fsp3) is 0.588. The minimum Gasteiger partial charge on any atom is -0.444 e. The molecule has 1 heterocycles. The second kappa shape index (κ2) is 7.76. The van der Waals surface area contributed by atoms with Crippen molar-refractivity contribution in [3.8, 4) is 5.88 Å². The van der Waals surface area contributed by atoms with Gasteiger partial charge in [0.1, 0.15) is 5.60 Å². The molecule has 0 aliphatic heterocycles. The lowest BCUT2D eigenvalue weighted by Crippen LogP contribution is -2.33. The number of nitrogens with zero attached hydrogens (tertiary/aromatic N) is 1. The van der Waals surface area contributed by atoms with Crippen LogP contribution in [-0.2, 0) is 11.2 Å². The van der Waals surface area contributed by atoms with Gasteiger partial charge in [0.05, 0.1) is 5.69 Å². The Bertz CT molecular complexity index is 644. The van der Waals surface area contributed by atoms with Gasteiger partial charge in [0.15, 0.2) is 5.78 Å². The van der Waals surface area contributed by atoms with Crippen LogP contribution in [0.25, 0.3) is 0 Å². The molecule has 1 atom stereocenters. The third-order valence-corrected chi connectivity index (χ3v) is 3.63. The zero-order valence-electron chi connectivity index (χ0n) is 14.5. The minimum absolute atomic E-state index is 0.0524. The Kier molecular flexibility index (Phi) is 5.92. The van der Waals surface area contributed by atoms with Crippen LogP contribution in [0.2, 0.25) is 0 Å². The van der Waals surface area contributed by atoms with Crippen LogP contribution in [0.1, 0.15) is 49.7 Å². The number of alkyl halides is 2. The molecule has 8 heteroatoms. The van der Waals surface area contributed by atoms with Crippen molar-refractivity contribution in [3.05, 3.63) is 23.4 Å². The van der Waals surface area contributed by atoms with Gasteiger partial charge in [0.2, 0.25) is 5.88 Å². The molecule has 25 heavy (non-hydrogen) atoms. The smallest absolute Gasteiger partial charge is 0.407 e. The molecule has 0 bridgehead atoms. The van der Waals surface area contributed by atoms with E-state index in [1.54, 1.807) is 20.8 Å². The second-order valence-corrected chi connectivity index (χ2v) is 6.86.